The third kappa shape index (κ3) is 5.54. The summed E-state index contributed by atoms with van der Waals surface area (Å²) in [4.78, 5) is 27.2. The number of nitrogens with one attached hydrogen (secondary N) is 1. The van der Waals surface area contributed by atoms with Crippen molar-refractivity contribution in [2.75, 3.05) is 20.3 Å². The lowest BCUT2D eigenvalue weighted by atomic mass is 10.1. The molecule has 31 heavy (non-hydrogen) atoms. The van der Waals surface area contributed by atoms with Gasteiger partial charge in [0.15, 0.2) is 6.61 Å². The van der Waals surface area contributed by atoms with Gasteiger partial charge in [-0.15, -0.1) is 0 Å². The number of hydrogen-bond acceptors (Lipinski definition) is 4. The number of carbonyl (C=O) groups excluding carboxylic acids is 2. The van der Waals surface area contributed by atoms with Crippen LogP contribution in [-0.4, -0.2) is 43.0 Å². The molecule has 0 heterocycles. The fourth-order valence-electron chi connectivity index (χ4n) is 3.42. The molecule has 0 radical (unpaired) electrons. The highest BCUT2D eigenvalue weighted by molar-refractivity contribution is 5.90. The summed E-state index contributed by atoms with van der Waals surface area (Å²) in [6.45, 7) is 4.18. The molecule has 1 N–H and O–H groups in total. The molecule has 0 spiro atoms. The highest BCUT2D eigenvalue weighted by Gasteiger charge is 2.26. The third-order valence-corrected chi connectivity index (χ3v) is 5.11. The van der Waals surface area contributed by atoms with Crippen molar-refractivity contribution in [3.63, 3.8) is 0 Å². The smallest absolute Gasteiger partial charge is 0.261 e. The minimum atomic E-state index is -0.644. The van der Waals surface area contributed by atoms with Crippen molar-refractivity contribution in [3.05, 3.63) is 72.3 Å². The average molecular weight is 421 g/mol. The molecule has 3 aromatic rings. The molecule has 0 aliphatic carbocycles. The topological polar surface area (TPSA) is 67.9 Å². The van der Waals surface area contributed by atoms with E-state index in [4.69, 9.17) is 9.47 Å². The van der Waals surface area contributed by atoms with E-state index in [9.17, 15) is 9.59 Å². The first-order valence-electron chi connectivity index (χ1n) is 10.3. The zero-order chi connectivity index (χ0) is 22.2. The number of nitrogens with zero attached hydrogens (tertiary/aromatic N) is 1. The molecule has 2 amide bonds. The summed E-state index contributed by atoms with van der Waals surface area (Å²) in [5.41, 5.74) is 0.869. The second-order valence-electron chi connectivity index (χ2n) is 7.21. The molecule has 0 saturated heterocycles. The van der Waals surface area contributed by atoms with Gasteiger partial charge in [-0.3, -0.25) is 9.59 Å². The van der Waals surface area contributed by atoms with Gasteiger partial charge in [0.2, 0.25) is 5.91 Å². The maximum absolute atomic E-state index is 13.2. The first-order valence-corrected chi connectivity index (χ1v) is 10.3. The van der Waals surface area contributed by atoms with Gasteiger partial charge in [0.1, 0.15) is 17.5 Å². The summed E-state index contributed by atoms with van der Waals surface area (Å²) in [6.07, 6.45) is 0. The normalized spacial score (nSPS) is 11.6. The lowest BCUT2D eigenvalue weighted by Gasteiger charge is -2.28. The Morgan fingerprint density at radius 3 is 2.55 bits per heavy atom. The largest absolute Gasteiger partial charge is 0.497 e. The van der Waals surface area contributed by atoms with Crippen LogP contribution in [0, 0.1) is 0 Å². The van der Waals surface area contributed by atoms with Gasteiger partial charge in [-0.1, -0.05) is 48.5 Å². The van der Waals surface area contributed by atoms with Crippen LogP contribution in [-0.2, 0) is 16.1 Å². The van der Waals surface area contributed by atoms with Crippen molar-refractivity contribution in [3.8, 4) is 11.5 Å². The summed E-state index contributed by atoms with van der Waals surface area (Å²) in [7, 11) is 1.59. The number of ether oxygens (including phenoxy) is 2. The maximum atomic E-state index is 13.2. The van der Waals surface area contributed by atoms with Crippen LogP contribution in [0.4, 0.5) is 0 Å². The average Bonchev–Trinajstić information content (AvgIpc) is 2.80. The third-order valence-electron chi connectivity index (χ3n) is 5.11. The summed E-state index contributed by atoms with van der Waals surface area (Å²) in [6, 6.07) is 20.4. The summed E-state index contributed by atoms with van der Waals surface area (Å²) in [5, 5.41) is 4.77. The van der Waals surface area contributed by atoms with Crippen molar-refractivity contribution in [1.29, 1.82) is 0 Å². The fraction of sp³-hybridized carbons (Fsp3) is 0.280. The summed E-state index contributed by atoms with van der Waals surface area (Å²) >= 11 is 0. The van der Waals surface area contributed by atoms with Gasteiger partial charge in [0, 0.05) is 18.5 Å². The predicted molar refractivity (Wildman–Crippen MR) is 121 cm³/mol. The van der Waals surface area contributed by atoms with Crippen LogP contribution >= 0.6 is 0 Å². The van der Waals surface area contributed by atoms with Crippen LogP contribution in [0.15, 0.2) is 66.7 Å². The molecule has 0 fully saturated rings. The Morgan fingerprint density at radius 1 is 1.03 bits per heavy atom. The summed E-state index contributed by atoms with van der Waals surface area (Å²) < 4.78 is 11.2. The number of rotatable bonds is 9. The van der Waals surface area contributed by atoms with Gasteiger partial charge in [0.25, 0.3) is 5.91 Å². The lowest BCUT2D eigenvalue weighted by molar-refractivity contribution is -0.142. The van der Waals surface area contributed by atoms with E-state index in [1.807, 2.05) is 73.7 Å². The molecule has 0 aliphatic heterocycles. The van der Waals surface area contributed by atoms with Crippen LogP contribution in [0.2, 0.25) is 0 Å². The van der Waals surface area contributed by atoms with Gasteiger partial charge in [-0.25, -0.2) is 0 Å². The molecular formula is C25H28N2O4. The van der Waals surface area contributed by atoms with Crippen molar-refractivity contribution in [2.24, 2.45) is 0 Å². The Kier molecular flexibility index (Phi) is 7.49. The van der Waals surface area contributed by atoms with Gasteiger partial charge < -0.3 is 19.7 Å². The van der Waals surface area contributed by atoms with E-state index in [0.29, 0.717) is 18.0 Å². The van der Waals surface area contributed by atoms with Crippen molar-refractivity contribution < 1.29 is 19.1 Å². The molecular weight excluding hydrogens is 392 g/mol. The molecule has 0 aliphatic rings. The molecule has 0 unspecified atom stereocenters. The van der Waals surface area contributed by atoms with E-state index >= 15 is 0 Å². The van der Waals surface area contributed by atoms with E-state index in [1.54, 1.807) is 14.0 Å². The van der Waals surface area contributed by atoms with Gasteiger partial charge >= 0.3 is 0 Å². The SMILES string of the molecule is CCNC(=O)[C@H](C)N(Cc1cccc(OC)c1)C(=O)COc1cccc2ccccc12. The quantitative estimate of drug-likeness (QED) is 0.572. The zero-order valence-electron chi connectivity index (χ0n) is 18.1. The monoisotopic (exact) mass is 420 g/mol. The molecule has 6 nitrogen and oxygen atoms in total. The first kappa shape index (κ1) is 22.2. The lowest BCUT2D eigenvalue weighted by Crippen LogP contribution is -2.49. The Bertz CT molecular complexity index is 1050. The minimum absolute atomic E-state index is 0.165. The number of hydrogen-bond donors (Lipinski definition) is 1. The molecule has 162 valence electrons. The number of carbonyl (C=O) groups is 2. The van der Waals surface area contributed by atoms with E-state index < -0.39 is 6.04 Å². The molecule has 6 heteroatoms. The Morgan fingerprint density at radius 2 is 1.77 bits per heavy atom. The number of methoxy groups -OCH3 is 1. The Balaban J connectivity index is 1.79. The Hall–Kier alpha value is -3.54. The van der Waals surface area contributed by atoms with Crippen LogP contribution in [0.3, 0.4) is 0 Å². The zero-order valence-corrected chi connectivity index (χ0v) is 18.1. The standard InChI is InChI=1S/C25H28N2O4/c1-4-26-25(29)18(2)27(16-19-9-7-12-21(15-19)30-3)24(28)17-31-23-14-8-11-20-10-5-6-13-22(20)23/h5-15,18H,4,16-17H2,1-3H3,(H,26,29)/t18-/m0/s1. The van der Waals surface area contributed by atoms with Crippen LogP contribution in [0.25, 0.3) is 10.8 Å². The van der Waals surface area contributed by atoms with Gasteiger partial charge in [-0.2, -0.15) is 0 Å². The van der Waals surface area contributed by atoms with Gasteiger partial charge in [-0.05, 0) is 43.0 Å². The summed E-state index contributed by atoms with van der Waals surface area (Å²) in [5.74, 6) is 0.861. The molecule has 0 bridgehead atoms. The molecule has 0 aromatic heterocycles. The fourth-order valence-corrected chi connectivity index (χ4v) is 3.42. The molecule has 1 atom stereocenters. The number of fused-ring (bicyclic) bond motifs is 1. The van der Waals surface area contributed by atoms with Crippen LogP contribution in [0.1, 0.15) is 19.4 Å². The van der Waals surface area contributed by atoms with Gasteiger partial charge in [0.05, 0.1) is 7.11 Å². The van der Waals surface area contributed by atoms with E-state index in [1.165, 1.54) is 4.90 Å². The molecule has 3 aromatic carbocycles. The van der Waals surface area contributed by atoms with E-state index in [0.717, 1.165) is 16.3 Å². The predicted octanol–water partition coefficient (Wildman–Crippen LogP) is 3.78. The van der Waals surface area contributed by atoms with Crippen LogP contribution < -0.4 is 14.8 Å². The second kappa shape index (κ2) is 10.5. The van der Waals surface area contributed by atoms with Crippen molar-refractivity contribution in [2.45, 2.75) is 26.4 Å². The van der Waals surface area contributed by atoms with E-state index in [2.05, 4.69) is 5.32 Å². The van der Waals surface area contributed by atoms with Crippen molar-refractivity contribution >= 4 is 22.6 Å². The second-order valence-corrected chi connectivity index (χ2v) is 7.21. The number of likely N-dealkylation sites (N-methyl/N-ethyl adjacent to an activating group) is 1. The number of benzene rings is 3. The highest BCUT2D eigenvalue weighted by Crippen LogP contribution is 2.25. The minimum Gasteiger partial charge on any atom is -0.497 e. The van der Waals surface area contributed by atoms with E-state index in [-0.39, 0.29) is 25.0 Å². The first-order chi connectivity index (χ1) is 15.0. The highest BCUT2D eigenvalue weighted by atomic mass is 16.5. The van der Waals surface area contributed by atoms with Crippen molar-refractivity contribution in [1.82, 2.24) is 10.2 Å². The van der Waals surface area contributed by atoms with Crippen LogP contribution in [0.5, 0.6) is 11.5 Å². The Labute approximate surface area is 182 Å². The number of amides is 2. The maximum Gasteiger partial charge on any atom is 0.261 e. The molecule has 0 saturated carbocycles. The molecule has 3 rings (SSSR count).